The third kappa shape index (κ3) is 4.07. The van der Waals surface area contributed by atoms with Crippen molar-refractivity contribution in [1.29, 1.82) is 0 Å². The van der Waals surface area contributed by atoms with Gasteiger partial charge in [0.05, 0.1) is 13.5 Å². The predicted molar refractivity (Wildman–Crippen MR) is 90.3 cm³/mol. The number of hydrogen-bond acceptors (Lipinski definition) is 3. The van der Waals surface area contributed by atoms with Gasteiger partial charge in [-0.15, -0.1) is 0 Å². The van der Waals surface area contributed by atoms with E-state index in [2.05, 4.69) is 5.32 Å². The van der Waals surface area contributed by atoms with Crippen LogP contribution in [0.5, 0.6) is 0 Å². The lowest BCUT2D eigenvalue weighted by Crippen LogP contribution is -2.58. The summed E-state index contributed by atoms with van der Waals surface area (Å²) in [6.45, 7) is 1.69. The lowest BCUT2D eigenvalue weighted by molar-refractivity contribution is -0.153. The number of esters is 1. The molecule has 0 aromatic heterocycles. The molecular formula is C18H23ClFNO3. The van der Waals surface area contributed by atoms with Gasteiger partial charge in [0.15, 0.2) is 0 Å². The van der Waals surface area contributed by atoms with Crippen LogP contribution in [0, 0.1) is 11.7 Å². The van der Waals surface area contributed by atoms with Gasteiger partial charge in [0.1, 0.15) is 11.4 Å². The first-order valence-electron chi connectivity index (χ1n) is 8.20. The van der Waals surface area contributed by atoms with Crippen molar-refractivity contribution >= 4 is 23.5 Å². The van der Waals surface area contributed by atoms with Crippen LogP contribution in [-0.4, -0.2) is 24.5 Å². The van der Waals surface area contributed by atoms with Crippen molar-refractivity contribution in [3.8, 4) is 0 Å². The van der Waals surface area contributed by atoms with E-state index < -0.39 is 23.2 Å². The van der Waals surface area contributed by atoms with Gasteiger partial charge < -0.3 is 10.1 Å². The van der Waals surface area contributed by atoms with Gasteiger partial charge in [-0.3, -0.25) is 4.79 Å². The van der Waals surface area contributed by atoms with Crippen molar-refractivity contribution in [2.45, 2.75) is 51.0 Å². The molecule has 1 saturated carbocycles. The molecule has 132 valence electrons. The standard InChI is InChI=1S/C18H23ClFNO3/c1-18(17(23)24-2,12-7-4-3-5-8-12)21-16(22)11-13-14(19)9-6-10-15(13)20/h6,9-10,12H,3-5,7-8,11H2,1-2H3,(H,21,22). The average molecular weight is 356 g/mol. The van der Waals surface area contributed by atoms with Crippen LogP contribution in [0.4, 0.5) is 4.39 Å². The van der Waals surface area contributed by atoms with E-state index in [9.17, 15) is 14.0 Å². The van der Waals surface area contributed by atoms with Gasteiger partial charge in [-0.1, -0.05) is 36.9 Å². The lowest BCUT2D eigenvalue weighted by Gasteiger charge is -2.38. The number of nitrogens with one attached hydrogen (secondary N) is 1. The molecule has 1 atom stereocenters. The van der Waals surface area contributed by atoms with Gasteiger partial charge in [0.2, 0.25) is 5.91 Å². The number of halogens is 2. The fraction of sp³-hybridized carbons (Fsp3) is 0.556. The van der Waals surface area contributed by atoms with E-state index in [0.29, 0.717) is 0 Å². The minimum Gasteiger partial charge on any atom is -0.467 e. The van der Waals surface area contributed by atoms with Gasteiger partial charge in [-0.2, -0.15) is 0 Å². The zero-order chi connectivity index (χ0) is 17.7. The van der Waals surface area contributed by atoms with E-state index in [0.717, 1.165) is 32.1 Å². The monoisotopic (exact) mass is 355 g/mol. The summed E-state index contributed by atoms with van der Waals surface area (Å²) in [6.07, 6.45) is 4.66. The Kier molecular flexibility index (Phi) is 6.21. The van der Waals surface area contributed by atoms with Crippen molar-refractivity contribution in [3.63, 3.8) is 0 Å². The molecule has 1 aromatic rings. The summed E-state index contributed by atoms with van der Waals surface area (Å²) in [5, 5.41) is 2.97. The number of rotatable bonds is 5. The molecule has 2 rings (SSSR count). The summed E-state index contributed by atoms with van der Waals surface area (Å²) in [4.78, 5) is 24.8. The minimum absolute atomic E-state index is 0.0127. The van der Waals surface area contributed by atoms with E-state index in [4.69, 9.17) is 16.3 Å². The Balaban J connectivity index is 2.16. The highest BCUT2D eigenvalue weighted by molar-refractivity contribution is 6.31. The zero-order valence-corrected chi connectivity index (χ0v) is 14.8. The average Bonchev–Trinajstić information content (AvgIpc) is 2.58. The van der Waals surface area contributed by atoms with Gasteiger partial charge >= 0.3 is 5.97 Å². The van der Waals surface area contributed by atoms with E-state index in [-0.39, 0.29) is 22.9 Å². The molecule has 1 aliphatic carbocycles. The van der Waals surface area contributed by atoms with E-state index >= 15 is 0 Å². The number of amides is 1. The third-order valence-corrected chi connectivity index (χ3v) is 5.18. The topological polar surface area (TPSA) is 55.4 Å². The summed E-state index contributed by atoms with van der Waals surface area (Å²) in [7, 11) is 1.31. The van der Waals surface area contributed by atoms with Crippen molar-refractivity contribution in [3.05, 3.63) is 34.6 Å². The molecule has 1 unspecified atom stereocenters. The van der Waals surface area contributed by atoms with E-state index in [1.807, 2.05) is 0 Å². The molecule has 0 bridgehead atoms. The summed E-state index contributed by atoms with van der Waals surface area (Å²) in [6, 6.07) is 4.28. The summed E-state index contributed by atoms with van der Waals surface area (Å²) >= 11 is 5.97. The third-order valence-electron chi connectivity index (χ3n) is 4.83. The molecule has 0 saturated heterocycles. The first-order chi connectivity index (χ1) is 11.4. The second-order valence-electron chi connectivity index (χ2n) is 6.45. The SMILES string of the molecule is COC(=O)C(C)(NC(=O)Cc1c(F)cccc1Cl)C1CCCCC1. The molecule has 24 heavy (non-hydrogen) atoms. The molecule has 1 amide bonds. The lowest BCUT2D eigenvalue weighted by atomic mass is 9.75. The maximum absolute atomic E-state index is 13.9. The normalized spacial score (nSPS) is 17.8. The van der Waals surface area contributed by atoms with Crippen LogP contribution >= 0.6 is 11.6 Å². The highest BCUT2D eigenvalue weighted by atomic mass is 35.5. The van der Waals surface area contributed by atoms with Gasteiger partial charge in [0.25, 0.3) is 0 Å². The van der Waals surface area contributed by atoms with Crippen LogP contribution in [0.15, 0.2) is 18.2 Å². The second-order valence-corrected chi connectivity index (χ2v) is 6.86. The number of carbonyl (C=O) groups is 2. The number of carbonyl (C=O) groups excluding carboxylic acids is 2. The molecule has 4 nitrogen and oxygen atoms in total. The van der Waals surface area contributed by atoms with Crippen LogP contribution in [0.25, 0.3) is 0 Å². The van der Waals surface area contributed by atoms with Crippen LogP contribution < -0.4 is 5.32 Å². The molecule has 0 radical (unpaired) electrons. The maximum Gasteiger partial charge on any atom is 0.331 e. The van der Waals surface area contributed by atoms with E-state index in [1.165, 1.54) is 25.3 Å². The molecule has 1 fully saturated rings. The van der Waals surface area contributed by atoms with E-state index in [1.54, 1.807) is 6.92 Å². The largest absolute Gasteiger partial charge is 0.467 e. The summed E-state index contributed by atoms with van der Waals surface area (Å²) in [5.41, 5.74) is -0.975. The van der Waals surface area contributed by atoms with Gasteiger partial charge in [0, 0.05) is 10.6 Å². The molecule has 1 aliphatic rings. The summed E-state index contributed by atoms with van der Waals surface area (Å²) in [5.74, 6) is -1.43. The molecule has 1 aromatic carbocycles. The highest BCUT2D eigenvalue weighted by Crippen LogP contribution is 2.33. The number of ether oxygens (including phenoxy) is 1. The van der Waals surface area contributed by atoms with Gasteiger partial charge in [-0.05, 0) is 37.8 Å². The minimum atomic E-state index is -1.11. The fourth-order valence-corrected chi connectivity index (χ4v) is 3.64. The Morgan fingerprint density at radius 1 is 1.33 bits per heavy atom. The Morgan fingerprint density at radius 2 is 2.00 bits per heavy atom. The smallest absolute Gasteiger partial charge is 0.331 e. The quantitative estimate of drug-likeness (QED) is 0.820. The Hall–Kier alpha value is -1.62. The molecule has 0 aliphatic heterocycles. The first kappa shape index (κ1) is 18.7. The number of methoxy groups -OCH3 is 1. The molecule has 1 N–H and O–H groups in total. The fourth-order valence-electron chi connectivity index (χ4n) is 3.41. The Morgan fingerprint density at radius 3 is 2.58 bits per heavy atom. The molecule has 0 spiro atoms. The maximum atomic E-state index is 13.9. The van der Waals surface area contributed by atoms with Crippen molar-refractivity contribution in [2.24, 2.45) is 5.92 Å². The van der Waals surface area contributed by atoms with Crippen LogP contribution in [0.1, 0.15) is 44.6 Å². The number of hydrogen-bond donors (Lipinski definition) is 1. The summed E-state index contributed by atoms with van der Waals surface area (Å²) < 4.78 is 18.8. The van der Waals surface area contributed by atoms with Crippen molar-refractivity contribution in [2.75, 3.05) is 7.11 Å². The van der Waals surface area contributed by atoms with Crippen molar-refractivity contribution in [1.82, 2.24) is 5.32 Å². The van der Waals surface area contributed by atoms with Gasteiger partial charge in [-0.25, -0.2) is 9.18 Å². The highest BCUT2D eigenvalue weighted by Gasteiger charge is 2.43. The number of benzene rings is 1. The molecule has 0 heterocycles. The molecular weight excluding hydrogens is 333 g/mol. The molecule has 6 heteroatoms. The van der Waals surface area contributed by atoms with Crippen LogP contribution in [0.3, 0.4) is 0 Å². The van der Waals surface area contributed by atoms with Crippen LogP contribution in [-0.2, 0) is 20.7 Å². The second kappa shape index (κ2) is 7.97. The van der Waals surface area contributed by atoms with Crippen molar-refractivity contribution < 1.29 is 18.7 Å². The van der Waals surface area contributed by atoms with Crippen LogP contribution in [0.2, 0.25) is 5.02 Å². The first-order valence-corrected chi connectivity index (χ1v) is 8.58. The Bertz CT molecular complexity index is 596. The predicted octanol–water partition coefficient (Wildman–Crippen LogP) is 3.65. The zero-order valence-electron chi connectivity index (χ0n) is 14.0. The Labute approximate surface area is 146 Å².